The number of anilines is 1. The number of aliphatic hydroxyl groups excluding tert-OH is 1. The van der Waals surface area contributed by atoms with E-state index in [4.69, 9.17) is 9.84 Å². The molecule has 2 rings (SSSR count). The maximum atomic E-state index is 12.3. The third kappa shape index (κ3) is 3.96. The summed E-state index contributed by atoms with van der Waals surface area (Å²) < 4.78 is 32.1. The van der Waals surface area contributed by atoms with Crippen LogP contribution in [0.25, 0.3) is 0 Å². The van der Waals surface area contributed by atoms with E-state index in [2.05, 4.69) is 4.72 Å². The predicted molar refractivity (Wildman–Crippen MR) is 81.0 cm³/mol. The standard InChI is InChI=1S/C15H17NO4S/c1-20-14-4-2-3-13(11-14)16-21(18,19)15-7-5-12(6-8-15)9-10-17/h2-8,11,16-17H,9-10H2,1H3. The molecule has 2 aromatic rings. The molecule has 5 nitrogen and oxygen atoms in total. The average molecular weight is 307 g/mol. The summed E-state index contributed by atoms with van der Waals surface area (Å²) >= 11 is 0. The van der Waals surface area contributed by atoms with Crippen LogP contribution in [0.2, 0.25) is 0 Å². The molecular formula is C15H17NO4S. The van der Waals surface area contributed by atoms with Gasteiger partial charge in [-0.05, 0) is 36.2 Å². The van der Waals surface area contributed by atoms with Crippen LogP contribution in [0.3, 0.4) is 0 Å². The van der Waals surface area contributed by atoms with Crippen LogP contribution in [0, 0.1) is 0 Å². The van der Waals surface area contributed by atoms with E-state index in [0.717, 1.165) is 5.56 Å². The number of sulfonamides is 1. The summed E-state index contributed by atoms with van der Waals surface area (Å²) in [6.07, 6.45) is 0.504. The molecule has 0 bridgehead atoms. The normalized spacial score (nSPS) is 11.1. The molecule has 0 aliphatic rings. The van der Waals surface area contributed by atoms with Crippen molar-refractivity contribution in [2.45, 2.75) is 11.3 Å². The summed E-state index contributed by atoms with van der Waals surface area (Å²) in [5.74, 6) is 0.577. The number of hydrogen-bond acceptors (Lipinski definition) is 4. The number of benzene rings is 2. The average Bonchev–Trinajstić information content (AvgIpc) is 2.48. The lowest BCUT2D eigenvalue weighted by atomic mass is 10.2. The van der Waals surface area contributed by atoms with Crippen molar-refractivity contribution in [1.82, 2.24) is 0 Å². The van der Waals surface area contributed by atoms with E-state index in [0.29, 0.717) is 17.9 Å². The molecule has 0 radical (unpaired) electrons. The molecule has 112 valence electrons. The second-order valence-electron chi connectivity index (χ2n) is 4.46. The first-order valence-corrected chi connectivity index (χ1v) is 7.90. The largest absolute Gasteiger partial charge is 0.497 e. The predicted octanol–water partition coefficient (Wildman–Crippen LogP) is 2.03. The van der Waals surface area contributed by atoms with E-state index in [1.54, 1.807) is 36.4 Å². The highest BCUT2D eigenvalue weighted by Gasteiger charge is 2.14. The Hall–Kier alpha value is -2.05. The van der Waals surface area contributed by atoms with Crippen molar-refractivity contribution >= 4 is 15.7 Å². The van der Waals surface area contributed by atoms with E-state index in [-0.39, 0.29) is 11.5 Å². The summed E-state index contributed by atoms with van der Waals surface area (Å²) in [6.45, 7) is 0.0359. The Morgan fingerprint density at radius 3 is 2.48 bits per heavy atom. The van der Waals surface area contributed by atoms with Crippen molar-refractivity contribution in [3.05, 3.63) is 54.1 Å². The number of ether oxygens (including phenoxy) is 1. The molecule has 0 unspecified atom stereocenters. The van der Waals surface area contributed by atoms with Gasteiger partial charge in [-0.15, -0.1) is 0 Å². The number of nitrogens with one attached hydrogen (secondary N) is 1. The molecule has 0 fully saturated rings. The molecule has 0 saturated carbocycles. The third-order valence-corrected chi connectivity index (χ3v) is 4.35. The Balaban J connectivity index is 2.21. The van der Waals surface area contributed by atoms with Crippen molar-refractivity contribution in [3.63, 3.8) is 0 Å². The quantitative estimate of drug-likeness (QED) is 0.856. The highest BCUT2D eigenvalue weighted by molar-refractivity contribution is 7.92. The first-order valence-electron chi connectivity index (χ1n) is 6.42. The van der Waals surface area contributed by atoms with Crippen molar-refractivity contribution in [3.8, 4) is 5.75 Å². The van der Waals surface area contributed by atoms with Crippen LogP contribution in [0.1, 0.15) is 5.56 Å². The van der Waals surface area contributed by atoms with Gasteiger partial charge in [-0.2, -0.15) is 0 Å². The van der Waals surface area contributed by atoms with E-state index < -0.39 is 10.0 Å². The van der Waals surface area contributed by atoms with Crippen LogP contribution in [-0.4, -0.2) is 27.2 Å². The van der Waals surface area contributed by atoms with Gasteiger partial charge in [0.15, 0.2) is 0 Å². The number of methoxy groups -OCH3 is 1. The Morgan fingerprint density at radius 1 is 1.14 bits per heavy atom. The Bertz CT molecular complexity index is 696. The molecule has 0 amide bonds. The minimum atomic E-state index is -3.64. The number of hydrogen-bond donors (Lipinski definition) is 2. The lowest BCUT2D eigenvalue weighted by Gasteiger charge is -2.09. The van der Waals surface area contributed by atoms with Crippen LogP contribution in [0.4, 0.5) is 5.69 Å². The topological polar surface area (TPSA) is 75.6 Å². The van der Waals surface area contributed by atoms with Gasteiger partial charge in [0.05, 0.1) is 17.7 Å². The smallest absolute Gasteiger partial charge is 0.261 e. The highest BCUT2D eigenvalue weighted by atomic mass is 32.2. The first-order chi connectivity index (χ1) is 10.0. The summed E-state index contributed by atoms with van der Waals surface area (Å²) in [4.78, 5) is 0.173. The van der Waals surface area contributed by atoms with Gasteiger partial charge in [0, 0.05) is 12.7 Å². The highest BCUT2D eigenvalue weighted by Crippen LogP contribution is 2.20. The van der Waals surface area contributed by atoms with Crippen LogP contribution in [0.15, 0.2) is 53.4 Å². The Labute approximate surface area is 124 Å². The summed E-state index contributed by atoms with van der Waals surface area (Å²) in [5.41, 5.74) is 1.33. The lowest BCUT2D eigenvalue weighted by molar-refractivity contribution is 0.299. The van der Waals surface area contributed by atoms with Crippen LogP contribution in [0.5, 0.6) is 5.75 Å². The molecular weight excluding hydrogens is 290 g/mol. The maximum absolute atomic E-state index is 12.3. The monoisotopic (exact) mass is 307 g/mol. The minimum Gasteiger partial charge on any atom is -0.497 e. The van der Waals surface area contributed by atoms with Crippen LogP contribution < -0.4 is 9.46 Å². The van der Waals surface area contributed by atoms with Crippen molar-refractivity contribution in [2.24, 2.45) is 0 Å². The van der Waals surface area contributed by atoms with Gasteiger partial charge >= 0.3 is 0 Å². The van der Waals surface area contributed by atoms with E-state index in [9.17, 15) is 8.42 Å². The van der Waals surface area contributed by atoms with Gasteiger partial charge < -0.3 is 9.84 Å². The zero-order valence-electron chi connectivity index (χ0n) is 11.6. The van der Waals surface area contributed by atoms with Gasteiger partial charge in [-0.3, -0.25) is 4.72 Å². The number of aliphatic hydroxyl groups is 1. The van der Waals surface area contributed by atoms with Crippen LogP contribution in [-0.2, 0) is 16.4 Å². The summed E-state index contributed by atoms with van der Waals surface area (Å²) in [7, 11) is -2.12. The van der Waals surface area contributed by atoms with Crippen molar-refractivity contribution < 1.29 is 18.3 Å². The fraction of sp³-hybridized carbons (Fsp3) is 0.200. The zero-order chi connectivity index (χ0) is 15.3. The Kier molecular flexibility index (Phi) is 4.82. The van der Waals surface area contributed by atoms with Crippen LogP contribution >= 0.6 is 0 Å². The SMILES string of the molecule is COc1cccc(NS(=O)(=O)c2ccc(CCO)cc2)c1. The fourth-order valence-corrected chi connectivity index (χ4v) is 2.91. The van der Waals surface area contributed by atoms with Gasteiger partial charge in [0.2, 0.25) is 0 Å². The van der Waals surface area contributed by atoms with Gasteiger partial charge in [-0.25, -0.2) is 8.42 Å². The van der Waals surface area contributed by atoms with E-state index in [1.807, 2.05) is 0 Å². The molecule has 21 heavy (non-hydrogen) atoms. The first kappa shape index (κ1) is 15.3. The summed E-state index contributed by atoms with van der Waals surface area (Å²) in [5, 5.41) is 8.85. The third-order valence-electron chi connectivity index (χ3n) is 2.96. The summed E-state index contributed by atoms with van der Waals surface area (Å²) in [6, 6.07) is 13.1. The number of rotatable bonds is 6. The Morgan fingerprint density at radius 2 is 1.86 bits per heavy atom. The molecule has 0 spiro atoms. The van der Waals surface area contributed by atoms with E-state index >= 15 is 0 Å². The lowest BCUT2D eigenvalue weighted by Crippen LogP contribution is -2.13. The van der Waals surface area contributed by atoms with Gasteiger partial charge in [-0.1, -0.05) is 18.2 Å². The molecule has 0 aromatic heterocycles. The van der Waals surface area contributed by atoms with Gasteiger partial charge in [0.25, 0.3) is 10.0 Å². The van der Waals surface area contributed by atoms with Crippen molar-refractivity contribution in [1.29, 1.82) is 0 Å². The molecule has 0 atom stereocenters. The van der Waals surface area contributed by atoms with Crippen molar-refractivity contribution in [2.75, 3.05) is 18.4 Å². The maximum Gasteiger partial charge on any atom is 0.261 e. The molecule has 0 heterocycles. The molecule has 0 aliphatic carbocycles. The second kappa shape index (κ2) is 6.60. The fourth-order valence-electron chi connectivity index (χ4n) is 1.87. The molecule has 0 saturated heterocycles. The minimum absolute atomic E-state index is 0.0359. The molecule has 2 aromatic carbocycles. The zero-order valence-corrected chi connectivity index (χ0v) is 12.4. The van der Waals surface area contributed by atoms with E-state index in [1.165, 1.54) is 19.2 Å². The van der Waals surface area contributed by atoms with Gasteiger partial charge in [0.1, 0.15) is 5.75 Å². The molecule has 2 N–H and O–H groups in total. The second-order valence-corrected chi connectivity index (χ2v) is 6.14. The molecule has 0 aliphatic heterocycles. The molecule has 6 heteroatoms.